The molecule has 0 spiro atoms. The number of fused-ring (bicyclic) bond motifs is 1. The number of hydrogen-bond acceptors (Lipinski definition) is 3. The summed E-state index contributed by atoms with van der Waals surface area (Å²) in [6.45, 7) is 2.07. The second kappa shape index (κ2) is 6.65. The summed E-state index contributed by atoms with van der Waals surface area (Å²) >= 11 is 3.56. The van der Waals surface area contributed by atoms with Gasteiger partial charge in [0.25, 0.3) is 0 Å². The van der Waals surface area contributed by atoms with Crippen LogP contribution in [0.4, 0.5) is 5.69 Å². The Hall–Kier alpha value is -2.72. The van der Waals surface area contributed by atoms with E-state index in [1.807, 2.05) is 30.3 Å². The van der Waals surface area contributed by atoms with Gasteiger partial charge in [0.05, 0.1) is 5.69 Å². The zero-order valence-electron chi connectivity index (χ0n) is 13.7. The molecule has 3 aromatic carbocycles. The van der Waals surface area contributed by atoms with E-state index in [9.17, 15) is 0 Å². The minimum atomic E-state index is 0.745. The molecular weight excluding hydrogens is 374 g/mol. The zero-order chi connectivity index (χ0) is 17.2. The van der Waals surface area contributed by atoms with Crippen molar-refractivity contribution in [1.82, 2.24) is 5.43 Å². The molecule has 122 valence electrons. The van der Waals surface area contributed by atoms with E-state index < -0.39 is 0 Å². The van der Waals surface area contributed by atoms with Crippen LogP contribution < -0.4 is 5.43 Å². The lowest BCUT2D eigenvalue weighted by Crippen LogP contribution is -2.19. The maximum Gasteiger partial charge on any atom is 0.154 e. The summed E-state index contributed by atoms with van der Waals surface area (Å²) in [6.07, 6.45) is 0. The van der Waals surface area contributed by atoms with Gasteiger partial charge >= 0.3 is 0 Å². The van der Waals surface area contributed by atoms with Crippen molar-refractivity contribution in [1.29, 1.82) is 0 Å². The molecule has 0 bridgehead atoms. The summed E-state index contributed by atoms with van der Waals surface area (Å²) in [6, 6.07) is 24.5. The first-order chi connectivity index (χ1) is 12.2. The van der Waals surface area contributed by atoms with Crippen LogP contribution in [0.25, 0.3) is 0 Å². The van der Waals surface area contributed by atoms with Crippen LogP contribution in [0.3, 0.4) is 0 Å². The van der Waals surface area contributed by atoms with Crippen LogP contribution >= 0.6 is 15.9 Å². The van der Waals surface area contributed by atoms with Gasteiger partial charge in [0.1, 0.15) is 5.71 Å². The normalized spacial score (nSPS) is 13.2. The number of benzene rings is 3. The van der Waals surface area contributed by atoms with E-state index in [0.29, 0.717) is 0 Å². The number of aliphatic imine (C=N–C) groups is 1. The molecule has 3 aromatic rings. The Balaban J connectivity index is 1.87. The smallest absolute Gasteiger partial charge is 0.154 e. The van der Waals surface area contributed by atoms with Crippen molar-refractivity contribution in [2.75, 3.05) is 0 Å². The summed E-state index contributed by atoms with van der Waals surface area (Å²) in [7, 11) is 0. The molecule has 0 amide bonds. The molecule has 0 unspecified atom stereocenters. The number of halogens is 1. The number of nitrogens with one attached hydrogen (secondary N) is 1. The molecule has 4 rings (SSSR count). The molecule has 0 saturated carbocycles. The maximum atomic E-state index is 4.83. The quantitative estimate of drug-likeness (QED) is 0.642. The summed E-state index contributed by atoms with van der Waals surface area (Å²) < 4.78 is 1.00. The molecule has 0 radical (unpaired) electrons. The second-order valence-corrected chi connectivity index (χ2v) is 6.84. The summed E-state index contributed by atoms with van der Waals surface area (Å²) in [5.41, 5.74) is 9.20. The van der Waals surface area contributed by atoms with E-state index in [-0.39, 0.29) is 0 Å². The topological polar surface area (TPSA) is 36.8 Å². The molecule has 0 aliphatic carbocycles. The van der Waals surface area contributed by atoms with Gasteiger partial charge in [0, 0.05) is 21.2 Å². The van der Waals surface area contributed by atoms with Gasteiger partial charge in [-0.3, -0.25) is 5.43 Å². The number of rotatable bonds is 2. The van der Waals surface area contributed by atoms with Crippen molar-refractivity contribution in [3.63, 3.8) is 0 Å². The van der Waals surface area contributed by atoms with Gasteiger partial charge in [-0.05, 0) is 25.1 Å². The van der Waals surface area contributed by atoms with E-state index >= 15 is 0 Å². The fourth-order valence-corrected chi connectivity index (χ4v) is 3.13. The van der Waals surface area contributed by atoms with Crippen molar-refractivity contribution in [3.8, 4) is 0 Å². The first kappa shape index (κ1) is 15.8. The molecule has 1 aliphatic heterocycles. The van der Waals surface area contributed by atoms with Crippen molar-refractivity contribution in [2.24, 2.45) is 10.1 Å². The highest BCUT2D eigenvalue weighted by atomic mass is 79.9. The molecule has 25 heavy (non-hydrogen) atoms. The number of nitrogens with zero attached hydrogens (tertiary/aromatic N) is 2. The largest absolute Gasteiger partial charge is 0.260 e. The van der Waals surface area contributed by atoms with Gasteiger partial charge < -0.3 is 0 Å². The van der Waals surface area contributed by atoms with E-state index in [4.69, 9.17) is 4.99 Å². The molecule has 3 nitrogen and oxygen atoms in total. The number of amidine groups is 1. The fraction of sp³-hybridized carbons (Fsp3) is 0.0476. The predicted octanol–water partition coefficient (Wildman–Crippen LogP) is 5.19. The summed E-state index contributed by atoms with van der Waals surface area (Å²) in [5.74, 6) is 0.745. The van der Waals surface area contributed by atoms with E-state index in [2.05, 4.69) is 75.8 Å². The van der Waals surface area contributed by atoms with Crippen LogP contribution in [-0.4, -0.2) is 11.5 Å². The van der Waals surface area contributed by atoms with Gasteiger partial charge in [0.15, 0.2) is 5.84 Å². The minimum absolute atomic E-state index is 0.745. The van der Waals surface area contributed by atoms with Crippen LogP contribution in [0, 0.1) is 6.92 Å². The van der Waals surface area contributed by atoms with Crippen LogP contribution in [-0.2, 0) is 0 Å². The highest BCUT2D eigenvalue weighted by Gasteiger charge is 2.17. The Morgan fingerprint density at radius 1 is 0.840 bits per heavy atom. The highest BCUT2D eigenvalue weighted by molar-refractivity contribution is 9.10. The SMILES string of the molecule is Cc1ccc(C2=Nc3ccc(Br)cc3C(c3ccccc3)=NN2)cc1. The Labute approximate surface area is 155 Å². The van der Waals surface area contributed by atoms with Gasteiger partial charge in [-0.2, -0.15) is 5.10 Å². The molecule has 0 aromatic heterocycles. The third kappa shape index (κ3) is 3.26. The first-order valence-corrected chi connectivity index (χ1v) is 8.85. The number of aryl methyl sites for hydroxylation is 1. The molecule has 0 atom stereocenters. The molecular formula is C21H16BrN3. The third-order valence-electron chi connectivity index (χ3n) is 4.09. The Bertz CT molecular complexity index is 974. The third-order valence-corrected chi connectivity index (χ3v) is 4.59. The second-order valence-electron chi connectivity index (χ2n) is 5.93. The molecule has 1 N–H and O–H groups in total. The van der Waals surface area contributed by atoms with Gasteiger partial charge in [-0.1, -0.05) is 76.1 Å². The molecule has 1 heterocycles. The first-order valence-electron chi connectivity index (χ1n) is 8.05. The van der Waals surface area contributed by atoms with E-state index in [1.54, 1.807) is 0 Å². The minimum Gasteiger partial charge on any atom is -0.260 e. The molecule has 1 aliphatic rings. The van der Waals surface area contributed by atoms with Gasteiger partial charge in [-0.15, -0.1) is 0 Å². The van der Waals surface area contributed by atoms with Gasteiger partial charge in [-0.25, -0.2) is 4.99 Å². The van der Waals surface area contributed by atoms with Gasteiger partial charge in [0.2, 0.25) is 0 Å². The highest BCUT2D eigenvalue weighted by Crippen LogP contribution is 2.28. The average molecular weight is 390 g/mol. The monoisotopic (exact) mass is 389 g/mol. The predicted molar refractivity (Wildman–Crippen MR) is 107 cm³/mol. The van der Waals surface area contributed by atoms with E-state index in [0.717, 1.165) is 38.4 Å². The summed E-state index contributed by atoms with van der Waals surface area (Å²) in [4.78, 5) is 4.83. The number of hydrogen-bond donors (Lipinski definition) is 1. The van der Waals surface area contributed by atoms with Crippen molar-refractivity contribution in [2.45, 2.75) is 6.92 Å². The maximum absolute atomic E-state index is 4.83. The van der Waals surface area contributed by atoms with Crippen LogP contribution in [0.1, 0.15) is 22.3 Å². The van der Waals surface area contributed by atoms with E-state index in [1.165, 1.54) is 5.56 Å². The lowest BCUT2D eigenvalue weighted by Gasteiger charge is -2.08. The lowest BCUT2D eigenvalue weighted by atomic mass is 10.0. The number of hydrazone groups is 1. The Morgan fingerprint density at radius 2 is 1.60 bits per heavy atom. The molecule has 0 saturated heterocycles. The average Bonchev–Trinajstić information content (AvgIpc) is 2.82. The lowest BCUT2D eigenvalue weighted by molar-refractivity contribution is 1.03. The van der Waals surface area contributed by atoms with Crippen molar-refractivity contribution in [3.05, 3.63) is 99.5 Å². The zero-order valence-corrected chi connectivity index (χ0v) is 15.3. The van der Waals surface area contributed by atoms with Crippen LogP contribution in [0.15, 0.2) is 87.4 Å². The van der Waals surface area contributed by atoms with Crippen molar-refractivity contribution >= 4 is 33.2 Å². The summed E-state index contributed by atoms with van der Waals surface area (Å²) in [5, 5.41) is 4.67. The Morgan fingerprint density at radius 3 is 2.36 bits per heavy atom. The van der Waals surface area contributed by atoms with Crippen LogP contribution in [0.5, 0.6) is 0 Å². The fourth-order valence-electron chi connectivity index (χ4n) is 2.77. The standard InChI is InChI=1S/C21H16BrN3/c1-14-7-9-16(10-8-14)21-23-19-12-11-17(22)13-18(19)20(24-25-21)15-5-3-2-4-6-15/h2-13H,1H3,(H,23,25). The van der Waals surface area contributed by atoms with Crippen molar-refractivity contribution < 1.29 is 0 Å². The molecule has 4 heteroatoms. The molecule has 0 fully saturated rings. The Kier molecular flexibility index (Phi) is 4.20. The van der Waals surface area contributed by atoms with Crippen LogP contribution in [0.2, 0.25) is 0 Å².